The Labute approximate surface area is 130 Å². The van der Waals surface area contributed by atoms with E-state index >= 15 is 0 Å². The topological polar surface area (TPSA) is 89.5 Å². The minimum Gasteiger partial charge on any atom is -0.393 e. The smallest absolute Gasteiger partial charge is 0.225 e. The lowest BCUT2D eigenvalue weighted by Gasteiger charge is -2.28. The summed E-state index contributed by atoms with van der Waals surface area (Å²) in [7, 11) is 0. The van der Waals surface area contributed by atoms with Crippen LogP contribution < -0.4 is 0 Å². The van der Waals surface area contributed by atoms with Crippen molar-refractivity contribution in [1.82, 2.24) is 15.1 Å². The van der Waals surface area contributed by atoms with Crippen LogP contribution in [0.15, 0.2) is 6.07 Å². The number of H-pyrrole nitrogens is 1. The maximum Gasteiger partial charge on any atom is 0.225 e. The number of carbonyl (C=O) groups is 1. The molecule has 122 valence electrons. The molecule has 6 heteroatoms. The van der Waals surface area contributed by atoms with Crippen molar-refractivity contribution in [1.29, 1.82) is 0 Å². The highest BCUT2D eigenvalue weighted by atomic mass is 16.3. The first-order chi connectivity index (χ1) is 10.5. The Morgan fingerprint density at radius 1 is 1.32 bits per heavy atom. The van der Waals surface area contributed by atoms with Gasteiger partial charge in [0.05, 0.1) is 17.9 Å². The molecule has 1 saturated heterocycles. The number of hydrogen-bond acceptors (Lipinski definition) is 4. The number of amides is 1. The van der Waals surface area contributed by atoms with Crippen LogP contribution >= 0.6 is 0 Å². The zero-order valence-electron chi connectivity index (χ0n) is 13.0. The lowest BCUT2D eigenvalue weighted by Crippen LogP contribution is -2.37. The van der Waals surface area contributed by atoms with E-state index in [-0.39, 0.29) is 23.8 Å². The maximum absolute atomic E-state index is 12.6. The molecule has 0 aromatic carbocycles. The molecule has 22 heavy (non-hydrogen) atoms. The third-order valence-electron chi connectivity index (χ3n) is 4.99. The maximum atomic E-state index is 12.6. The van der Waals surface area contributed by atoms with Gasteiger partial charge in [0, 0.05) is 30.6 Å². The van der Waals surface area contributed by atoms with Gasteiger partial charge in [-0.1, -0.05) is 0 Å². The van der Waals surface area contributed by atoms with Crippen LogP contribution in [0.1, 0.15) is 37.1 Å². The number of β-amino-alcohol motifs (C(OH)–C–C–N with tert-alkyl or cyclic N) is 1. The number of rotatable bonds is 3. The Hall–Kier alpha value is -1.40. The predicted molar refractivity (Wildman–Crippen MR) is 81.1 cm³/mol. The molecule has 2 aliphatic rings. The van der Waals surface area contributed by atoms with E-state index < -0.39 is 6.10 Å². The summed E-state index contributed by atoms with van der Waals surface area (Å²) in [5.74, 6) is 0.217. The minimum absolute atomic E-state index is 0.0157. The second-order valence-corrected chi connectivity index (χ2v) is 6.82. The lowest BCUT2D eigenvalue weighted by atomic mass is 9.86. The molecule has 3 rings (SSSR count). The van der Waals surface area contributed by atoms with Crippen molar-refractivity contribution in [2.24, 2.45) is 11.8 Å². The van der Waals surface area contributed by atoms with Crippen LogP contribution in [-0.4, -0.2) is 56.5 Å². The lowest BCUT2D eigenvalue weighted by molar-refractivity contribution is -0.136. The Balaban J connectivity index is 1.56. The Kier molecular flexibility index (Phi) is 4.49. The fourth-order valence-corrected chi connectivity index (χ4v) is 3.66. The van der Waals surface area contributed by atoms with Crippen molar-refractivity contribution < 1.29 is 15.0 Å². The average molecular weight is 307 g/mol. The number of aromatic amines is 1. The van der Waals surface area contributed by atoms with Crippen molar-refractivity contribution in [3.63, 3.8) is 0 Å². The SMILES string of the molecule is Cc1cc(C[C@@H]2CN(C(=O)C3CCC(O)CC3)C[C@H]2O)n[nH]1. The molecule has 1 amide bonds. The van der Waals surface area contributed by atoms with E-state index in [0.717, 1.165) is 24.2 Å². The average Bonchev–Trinajstić information content (AvgIpc) is 3.06. The summed E-state index contributed by atoms with van der Waals surface area (Å²) < 4.78 is 0. The van der Waals surface area contributed by atoms with Gasteiger partial charge in [-0.3, -0.25) is 9.89 Å². The highest BCUT2D eigenvalue weighted by Crippen LogP contribution is 2.29. The molecule has 0 radical (unpaired) electrons. The highest BCUT2D eigenvalue weighted by Gasteiger charge is 2.37. The summed E-state index contributed by atoms with van der Waals surface area (Å²) in [6.07, 6.45) is 2.91. The van der Waals surface area contributed by atoms with Gasteiger partial charge in [-0.25, -0.2) is 0 Å². The third-order valence-corrected chi connectivity index (χ3v) is 4.99. The summed E-state index contributed by atoms with van der Waals surface area (Å²) in [5, 5.41) is 26.9. The van der Waals surface area contributed by atoms with Crippen LogP contribution in [0.3, 0.4) is 0 Å². The van der Waals surface area contributed by atoms with E-state index in [0.29, 0.717) is 32.4 Å². The van der Waals surface area contributed by atoms with Crippen molar-refractivity contribution >= 4 is 5.91 Å². The molecule has 1 aromatic heterocycles. The summed E-state index contributed by atoms with van der Waals surface area (Å²) in [5.41, 5.74) is 1.95. The van der Waals surface area contributed by atoms with Gasteiger partial charge in [0.25, 0.3) is 0 Å². The van der Waals surface area contributed by atoms with E-state index in [1.54, 1.807) is 4.90 Å². The molecule has 2 atom stereocenters. The van der Waals surface area contributed by atoms with Gasteiger partial charge < -0.3 is 15.1 Å². The van der Waals surface area contributed by atoms with Crippen molar-refractivity contribution in [2.45, 2.75) is 51.2 Å². The molecule has 0 unspecified atom stereocenters. The normalized spacial score (nSPS) is 32.4. The summed E-state index contributed by atoms with van der Waals surface area (Å²) in [6.45, 7) is 2.98. The monoisotopic (exact) mass is 307 g/mol. The molecule has 2 fully saturated rings. The van der Waals surface area contributed by atoms with Gasteiger partial charge in [-0.15, -0.1) is 0 Å². The van der Waals surface area contributed by atoms with Gasteiger partial charge in [0.1, 0.15) is 0 Å². The number of carbonyl (C=O) groups excluding carboxylic acids is 1. The van der Waals surface area contributed by atoms with Crippen LogP contribution in [0.25, 0.3) is 0 Å². The van der Waals surface area contributed by atoms with Gasteiger partial charge >= 0.3 is 0 Å². The third kappa shape index (κ3) is 3.33. The van der Waals surface area contributed by atoms with Gasteiger partial charge in [-0.05, 0) is 45.1 Å². The first-order valence-corrected chi connectivity index (χ1v) is 8.18. The second kappa shape index (κ2) is 6.38. The molecule has 1 aliphatic heterocycles. The molecular weight excluding hydrogens is 282 g/mol. The molecule has 1 aliphatic carbocycles. The molecule has 1 saturated carbocycles. The van der Waals surface area contributed by atoms with Crippen LogP contribution in [0.4, 0.5) is 0 Å². The van der Waals surface area contributed by atoms with Gasteiger partial charge in [0.2, 0.25) is 5.91 Å². The standard InChI is InChI=1S/C16H25N3O3/c1-10-6-13(18-17-10)7-12-8-19(9-15(12)21)16(22)11-2-4-14(20)5-3-11/h6,11-12,14-15,20-21H,2-5,7-9H2,1H3,(H,17,18)/t11?,12-,14?,15-/m1/s1. The number of aromatic nitrogens is 2. The van der Waals surface area contributed by atoms with Crippen molar-refractivity contribution in [2.75, 3.05) is 13.1 Å². The number of aryl methyl sites for hydroxylation is 1. The largest absolute Gasteiger partial charge is 0.393 e. The quantitative estimate of drug-likeness (QED) is 0.764. The van der Waals surface area contributed by atoms with Gasteiger partial charge in [-0.2, -0.15) is 5.10 Å². The molecule has 2 heterocycles. The zero-order chi connectivity index (χ0) is 15.7. The van der Waals surface area contributed by atoms with E-state index in [4.69, 9.17) is 0 Å². The number of aliphatic hydroxyl groups is 2. The first kappa shape index (κ1) is 15.5. The van der Waals surface area contributed by atoms with Crippen molar-refractivity contribution in [3.05, 3.63) is 17.5 Å². The first-order valence-electron chi connectivity index (χ1n) is 8.18. The Bertz CT molecular complexity index is 522. The van der Waals surface area contributed by atoms with E-state index in [9.17, 15) is 15.0 Å². The van der Waals surface area contributed by atoms with Crippen LogP contribution in [0.5, 0.6) is 0 Å². The predicted octanol–water partition coefficient (Wildman–Crippen LogP) is 0.631. The molecule has 3 N–H and O–H groups in total. The van der Waals surface area contributed by atoms with Gasteiger partial charge in [0.15, 0.2) is 0 Å². The number of likely N-dealkylation sites (tertiary alicyclic amines) is 1. The number of nitrogens with one attached hydrogen (secondary N) is 1. The molecule has 0 bridgehead atoms. The van der Waals surface area contributed by atoms with E-state index in [2.05, 4.69) is 10.2 Å². The summed E-state index contributed by atoms with van der Waals surface area (Å²) in [6, 6.07) is 1.99. The number of aliphatic hydroxyl groups excluding tert-OH is 2. The summed E-state index contributed by atoms with van der Waals surface area (Å²) >= 11 is 0. The van der Waals surface area contributed by atoms with Crippen molar-refractivity contribution in [3.8, 4) is 0 Å². The molecule has 6 nitrogen and oxygen atoms in total. The van der Waals surface area contributed by atoms with Crippen LogP contribution in [0, 0.1) is 18.8 Å². The number of nitrogens with zero attached hydrogens (tertiary/aromatic N) is 2. The molecule has 1 aromatic rings. The Morgan fingerprint density at radius 2 is 2.05 bits per heavy atom. The van der Waals surface area contributed by atoms with E-state index in [1.807, 2.05) is 13.0 Å². The zero-order valence-corrected chi connectivity index (χ0v) is 13.0. The second-order valence-electron chi connectivity index (χ2n) is 6.82. The fraction of sp³-hybridized carbons (Fsp3) is 0.750. The number of hydrogen-bond donors (Lipinski definition) is 3. The fourth-order valence-electron chi connectivity index (χ4n) is 3.66. The molecular formula is C16H25N3O3. The highest BCUT2D eigenvalue weighted by molar-refractivity contribution is 5.79. The van der Waals surface area contributed by atoms with Crippen LogP contribution in [0.2, 0.25) is 0 Å². The minimum atomic E-state index is -0.477. The summed E-state index contributed by atoms with van der Waals surface area (Å²) in [4.78, 5) is 14.4. The van der Waals surface area contributed by atoms with E-state index in [1.165, 1.54) is 0 Å². The molecule has 0 spiro atoms. The Morgan fingerprint density at radius 3 is 2.68 bits per heavy atom. The van der Waals surface area contributed by atoms with Crippen LogP contribution in [-0.2, 0) is 11.2 Å².